The number of nitrogens with zero attached hydrogens (tertiary/aromatic N) is 5. The third kappa shape index (κ3) is 4.72. The van der Waals surface area contributed by atoms with E-state index in [1.807, 2.05) is 17.0 Å². The lowest BCUT2D eigenvalue weighted by molar-refractivity contribution is -0.134. The summed E-state index contributed by atoms with van der Waals surface area (Å²) in [5, 5.41) is 4.12. The zero-order valence-electron chi connectivity index (χ0n) is 18.6. The van der Waals surface area contributed by atoms with Gasteiger partial charge in [0.25, 0.3) is 5.91 Å². The van der Waals surface area contributed by atoms with Gasteiger partial charge in [-0.3, -0.25) is 19.3 Å². The standard InChI is InChI=1S/C25H29N5O2/c1-3-14-29-15-16-30(25(32)23-10-13-27-28(23)2)18-22(24(29)31)17-19-4-6-20(7-5-19)21-8-11-26-12-9-21/h4-13,22H,3,14-18H2,1-2H3/t22-/m0/s1. The summed E-state index contributed by atoms with van der Waals surface area (Å²) in [4.78, 5) is 34.2. The van der Waals surface area contributed by atoms with Gasteiger partial charge < -0.3 is 9.80 Å². The zero-order valence-corrected chi connectivity index (χ0v) is 18.6. The van der Waals surface area contributed by atoms with Crippen molar-refractivity contribution in [3.05, 3.63) is 72.3 Å². The van der Waals surface area contributed by atoms with Gasteiger partial charge in [-0.15, -0.1) is 0 Å². The highest BCUT2D eigenvalue weighted by Crippen LogP contribution is 2.22. The summed E-state index contributed by atoms with van der Waals surface area (Å²) in [6, 6.07) is 14.0. The number of carbonyl (C=O) groups excluding carboxylic acids is 2. The summed E-state index contributed by atoms with van der Waals surface area (Å²) in [5.74, 6) is -0.215. The maximum atomic E-state index is 13.3. The smallest absolute Gasteiger partial charge is 0.272 e. The lowest BCUT2D eigenvalue weighted by atomic mass is 9.95. The molecule has 0 bridgehead atoms. The maximum absolute atomic E-state index is 13.3. The Balaban J connectivity index is 1.54. The number of pyridine rings is 1. The highest BCUT2D eigenvalue weighted by molar-refractivity contribution is 5.93. The van der Waals surface area contributed by atoms with Gasteiger partial charge in [0.2, 0.25) is 5.91 Å². The second-order valence-electron chi connectivity index (χ2n) is 8.25. The largest absolute Gasteiger partial charge is 0.341 e. The predicted octanol–water partition coefficient (Wildman–Crippen LogP) is 3.04. The Bertz CT molecular complexity index is 1060. The molecule has 1 aliphatic heterocycles. The summed E-state index contributed by atoms with van der Waals surface area (Å²) >= 11 is 0. The molecule has 166 valence electrons. The molecule has 2 aromatic heterocycles. The number of carbonyl (C=O) groups is 2. The SMILES string of the molecule is CCCN1CCN(C(=O)c2ccnn2C)C[C@H](Cc2ccc(-c3ccncc3)cc2)C1=O. The topological polar surface area (TPSA) is 71.3 Å². The third-order valence-corrected chi connectivity index (χ3v) is 6.01. The monoisotopic (exact) mass is 431 g/mol. The first-order valence-electron chi connectivity index (χ1n) is 11.1. The van der Waals surface area contributed by atoms with Crippen molar-refractivity contribution in [2.45, 2.75) is 19.8 Å². The maximum Gasteiger partial charge on any atom is 0.272 e. The molecule has 2 amide bonds. The molecule has 1 atom stereocenters. The highest BCUT2D eigenvalue weighted by atomic mass is 16.2. The van der Waals surface area contributed by atoms with Crippen LogP contribution in [0.4, 0.5) is 0 Å². The molecule has 7 heteroatoms. The average molecular weight is 432 g/mol. The number of aryl methyl sites for hydroxylation is 1. The summed E-state index contributed by atoms with van der Waals surface area (Å²) < 4.78 is 1.59. The van der Waals surface area contributed by atoms with Crippen LogP contribution in [-0.4, -0.2) is 62.6 Å². The minimum Gasteiger partial charge on any atom is -0.341 e. The van der Waals surface area contributed by atoms with E-state index in [9.17, 15) is 9.59 Å². The molecule has 1 saturated heterocycles. The van der Waals surface area contributed by atoms with Gasteiger partial charge >= 0.3 is 0 Å². The van der Waals surface area contributed by atoms with Crippen LogP contribution in [0.2, 0.25) is 0 Å². The van der Waals surface area contributed by atoms with E-state index < -0.39 is 0 Å². The molecule has 0 spiro atoms. The van der Waals surface area contributed by atoms with Crippen LogP contribution in [-0.2, 0) is 18.3 Å². The fraction of sp³-hybridized carbons (Fsp3) is 0.360. The van der Waals surface area contributed by atoms with Crippen molar-refractivity contribution in [1.82, 2.24) is 24.6 Å². The van der Waals surface area contributed by atoms with Crippen LogP contribution < -0.4 is 0 Å². The van der Waals surface area contributed by atoms with E-state index in [-0.39, 0.29) is 17.7 Å². The molecular weight excluding hydrogens is 402 g/mol. The van der Waals surface area contributed by atoms with Crippen LogP contribution >= 0.6 is 0 Å². The van der Waals surface area contributed by atoms with Crippen molar-refractivity contribution >= 4 is 11.8 Å². The first kappa shape index (κ1) is 21.7. The number of hydrogen-bond donors (Lipinski definition) is 0. The lowest BCUT2D eigenvalue weighted by Crippen LogP contribution is -2.38. The van der Waals surface area contributed by atoms with Crippen LogP contribution in [0.3, 0.4) is 0 Å². The summed E-state index contributed by atoms with van der Waals surface area (Å²) in [7, 11) is 1.77. The summed E-state index contributed by atoms with van der Waals surface area (Å²) in [6.45, 7) is 4.30. The Kier molecular flexibility index (Phi) is 6.63. The van der Waals surface area contributed by atoms with Crippen molar-refractivity contribution in [2.75, 3.05) is 26.2 Å². The van der Waals surface area contributed by atoms with E-state index in [1.165, 1.54) is 0 Å². The van der Waals surface area contributed by atoms with Crippen LogP contribution in [0.5, 0.6) is 0 Å². The number of amides is 2. The Hall–Kier alpha value is -3.48. The Labute approximate surface area is 188 Å². The Morgan fingerprint density at radius 1 is 1.00 bits per heavy atom. The average Bonchev–Trinajstić information content (AvgIpc) is 3.19. The van der Waals surface area contributed by atoms with Gasteiger partial charge in [0.1, 0.15) is 5.69 Å². The predicted molar refractivity (Wildman–Crippen MR) is 123 cm³/mol. The van der Waals surface area contributed by atoms with Gasteiger partial charge in [0.05, 0.1) is 5.92 Å². The van der Waals surface area contributed by atoms with Crippen molar-refractivity contribution in [1.29, 1.82) is 0 Å². The molecule has 3 aromatic rings. The molecule has 0 N–H and O–H groups in total. The summed E-state index contributed by atoms with van der Waals surface area (Å²) in [6.07, 6.45) is 6.69. The van der Waals surface area contributed by atoms with Gasteiger partial charge in [-0.05, 0) is 47.7 Å². The quantitative estimate of drug-likeness (QED) is 0.602. The van der Waals surface area contributed by atoms with E-state index >= 15 is 0 Å². The van der Waals surface area contributed by atoms with Crippen LogP contribution in [0.15, 0.2) is 61.1 Å². The molecule has 0 aliphatic carbocycles. The minimum atomic E-state index is -0.270. The molecule has 1 fully saturated rings. The fourth-order valence-corrected chi connectivity index (χ4v) is 4.28. The number of aromatic nitrogens is 3. The Morgan fingerprint density at radius 3 is 2.38 bits per heavy atom. The van der Waals surface area contributed by atoms with Crippen LogP contribution in [0, 0.1) is 5.92 Å². The van der Waals surface area contributed by atoms with Gasteiger partial charge in [-0.1, -0.05) is 31.2 Å². The van der Waals surface area contributed by atoms with E-state index in [4.69, 9.17) is 0 Å². The van der Waals surface area contributed by atoms with Gasteiger partial charge in [0, 0.05) is 51.8 Å². The number of benzene rings is 1. The molecular formula is C25H29N5O2. The van der Waals surface area contributed by atoms with E-state index in [0.29, 0.717) is 38.3 Å². The van der Waals surface area contributed by atoms with Gasteiger partial charge in [-0.25, -0.2) is 0 Å². The molecule has 1 aliphatic rings. The molecule has 0 unspecified atom stereocenters. The molecule has 3 heterocycles. The van der Waals surface area contributed by atoms with Crippen molar-refractivity contribution in [3.63, 3.8) is 0 Å². The second-order valence-corrected chi connectivity index (χ2v) is 8.25. The fourth-order valence-electron chi connectivity index (χ4n) is 4.28. The van der Waals surface area contributed by atoms with Crippen LogP contribution in [0.1, 0.15) is 29.4 Å². The molecule has 1 aromatic carbocycles. The molecule has 7 nitrogen and oxygen atoms in total. The van der Waals surface area contributed by atoms with Crippen molar-refractivity contribution in [2.24, 2.45) is 13.0 Å². The third-order valence-electron chi connectivity index (χ3n) is 6.01. The Morgan fingerprint density at radius 2 is 1.72 bits per heavy atom. The molecule has 0 radical (unpaired) electrons. The second kappa shape index (κ2) is 9.77. The molecule has 0 saturated carbocycles. The lowest BCUT2D eigenvalue weighted by Gasteiger charge is -2.24. The van der Waals surface area contributed by atoms with Gasteiger partial charge in [-0.2, -0.15) is 5.10 Å². The minimum absolute atomic E-state index is 0.0748. The van der Waals surface area contributed by atoms with E-state index in [0.717, 1.165) is 23.1 Å². The molecule has 32 heavy (non-hydrogen) atoms. The first-order valence-corrected chi connectivity index (χ1v) is 11.1. The normalized spacial score (nSPS) is 16.8. The highest BCUT2D eigenvalue weighted by Gasteiger charge is 2.33. The zero-order chi connectivity index (χ0) is 22.5. The number of rotatable bonds is 6. The van der Waals surface area contributed by atoms with E-state index in [1.54, 1.807) is 41.3 Å². The first-order chi connectivity index (χ1) is 15.6. The van der Waals surface area contributed by atoms with Crippen LogP contribution in [0.25, 0.3) is 11.1 Å². The van der Waals surface area contributed by atoms with Crippen molar-refractivity contribution < 1.29 is 9.59 Å². The molecule has 4 rings (SSSR count). The van der Waals surface area contributed by atoms with E-state index in [2.05, 4.69) is 41.3 Å². The number of hydrogen-bond acceptors (Lipinski definition) is 4. The van der Waals surface area contributed by atoms with Gasteiger partial charge in [0.15, 0.2) is 0 Å². The van der Waals surface area contributed by atoms with Crippen molar-refractivity contribution in [3.8, 4) is 11.1 Å². The summed E-state index contributed by atoms with van der Waals surface area (Å²) in [5.41, 5.74) is 3.86.